The molecular weight excluding hydrogens is 1830 g/mol. The van der Waals surface area contributed by atoms with E-state index in [0.717, 1.165) is 184 Å². The van der Waals surface area contributed by atoms with E-state index in [-0.39, 0.29) is 105 Å². The molecule has 806 valence electrons. The van der Waals surface area contributed by atoms with Crippen LogP contribution in [0.4, 0.5) is 14.4 Å². The van der Waals surface area contributed by atoms with Crippen molar-refractivity contribution in [2.24, 2.45) is 49.4 Å². The summed E-state index contributed by atoms with van der Waals surface area (Å²) in [7, 11) is 6.11. The Kier molecular flexibility index (Phi) is 41.7. The largest absolute Gasteiger partial charge is 0.497 e. The molecule has 30 heteroatoms. The van der Waals surface area contributed by atoms with Gasteiger partial charge in [-0.15, -0.1) is 0 Å². The molecule has 3 amide bonds. The van der Waals surface area contributed by atoms with Crippen LogP contribution in [-0.4, -0.2) is 272 Å². The Morgan fingerprint density at radius 1 is 0.347 bits per heavy atom. The number of nitrogens with zero attached hydrogens (tertiary/aromatic N) is 4. The molecule has 4 aromatic carbocycles. The normalized spacial score (nSPS) is 28.4. The minimum absolute atomic E-state index is 0.0107. The van der Waals surface area contributed by atoms with Gasteiger partial charge in [0.2, 0.25) is 0 Å². The lowest BCUT2D eigenvalue weighted by Gasteiger charge is -2.47. The summed E-state index contributed by atoms with van der Waals surface area (Å²) in [5.74, 6) is -0.0147. The average molecular weight is 2010 g/mol. The highest BCUT2D eigenvalue weighted by Gasteiger charge is 2.54. The van der Waals surface area contributed by atoms with Crippen molar-refractivity contribution in [2.75, 3.05) is 140 Å². The number of rotatable bonds is 15. The molecule has 7 aliphatic heterocycles. The third kappa shape index (κ3) is 34.2. The highest BCUT2D eigenvalue weighted by Crippen LogP contribution is 2.50. The summed E-state index contributed by atoms with van der Waals surface area (Å²) in [6.07, 6.45) is 20.8. The molecule has 8 atom stereocenters. The van der Waals surface area contributed by atoms with Crippen LogP contribution in [0.2, 0.25) is 0 Å². The van der Waals surface area contributed by atoms with Crippen LogP contribution in [0.25, 0.3) is 0 Å². The summed E-state index contributed by atoms with van der Waals surface area (Å²) in [5.41, 5.74) is 16.6. The van der Waals surface area contributed by atoms with E-state index in [1.807, 2.05) is 131 Å². The number of nitrogens with one attached hydrogen (secondary N) is 4. The molecule has 7 saturated heterocycles. The SMILES string of the molecule is CC1(C)CC(=O)CCC1NC(=O)OCc1ccccc1.CC1(C)CC2(CCC1=O)OCCO2.CC1(C)CC2(CCC1N)OCCO2.CC1(C)CC2(CCC1NC(=O)OCc1ccccc1)OCCO2.CN1CCN(C2CCC(N)C(C)(C)C2)CC1.CN1CCN(C2CCC(NC(=O)OCc3ccccc3)C(C)(C)C2)CC1.COc1ccc(CNC2CCC3(CC2(C)C)OCCO3)cc1.O=C1CCC2(CC1)OCCO2. The molecule has 4 aromatic rings. The molecule has 15 aliphatic rings. The Labute approximate surface area is 860 Å². The number of alkyl carbamates (subject to hydrolysis) is 3. The van der Waals surface area contributed by atoms with Gasteiger partial charge in [-0.1, -0.05) is 200 Å². The molecule has 19 rings (SSSR count). The first-order valence-corrected chi connectivity index (χ1v) is 53.9. The quantitative estimate of drug-likeness (QED) is 0.0602. The third-order valence-electron chi connectivity index (χ3n) is 33.1. The topological polar surface area (TPSA) is 345 Å². The maximum Gasteiger partial charge on any atom is 0.407 e. The smallest absolute Gasteiger partial charge is 0.407 e. The predicted molar refractivity (Wildman–Crippen MR) is 556 cm³/mol. The van der Waals surface area contributed by atoms with E-state index < -0.39 is 17.7 Å². The number of piperazine rings is 2. The van der Waals surface area contributed by atoms with Crippen molar-refractivity contribution in [1.82, 2.24) is 40.9 Å². The van der Waals surface area contributed by atoms with Gasteiger partial charge in [-0.05, 0) is 145 Å². The summed E-state index contributed by atoms with van der Waals surface area (Å²) in [6, 6.07) is 40.1. The van der Waals surface area contributed by atoms with Gasteiger partial charge in [0.15, 0.2) is 28.9 Å². The van der Waals surface area contributed by atoms with Crippen molar-refractivity contribution in [3.8, 4) is 5.75 Å². The lowest BCUT2D eigenvalue weighted by Crippen LogP contribution is -2.56. The van der Waals surface area contributed by atoms with E-state index in [4.69, 9.17) is 77.8 Å². The van der Waals surface area contributed by atoms with Crippen molar-refractivity contribution in [3.63, 3.8) is 0 Å². The molecule has 8 aliphatic carbocycles. The highest BCUT2D eigenvalue weighted by molar-refractivity contribution is 5.85. The molecule has 15 fully saturated rings. The number of methoxy groups -OCH3 is 1. The Bertz CT molecular complexity index is 4580. The molecule has 8 unspecified atom stereocenters. The Balaban J connectivity index is 0.000000149. The number of nitrogens with two attached hydrogens (primary N) is 2. The maximum absolute atomic E-state index is 12.2. The second kappa shape index (κ2) is 52.0. The average Bonchev–Trinajstić information content (AvgIpc) is 1.57. The zero-order valence-corrected chi connectivity index (χ0v) is 90.4. The summed E-state index contributed by atoms with van der Waals surface area (Å²) in [4.78, 5) is 80.2. The van der Waals surface area contributed by atoms with E-state index in [1.165, 1.54) is 51.0 Å². The first kappa shape index (κ1) is 116. The Hall–Kier alpha value is -7.18. The Morgan fingerprint density at radius 2 is 0.701 bits per heavy atom. The molecule has 0 radical (unpaired) electrons. The minimum Gasteiger partial charge on any atom is -0.497 e. The minimum atomic E-state index is -0.449. The van der Waals surface area contributed by atoms with Crippen molar-refractivity contribution >= 4 is 35.6 Å². The van der Waals surface area contributed by atoms with Gasteiger partial charge in [0, 0.05) is 209 Å². The van der Waals surface area contributed by atoms with Gasteiger partial charge in [-0.25, -0.2) is 14.4 Å². The van der Waals surface area contributed by atoms with Gasteiger partial charge in [-0.2, -0.15) is 0 Å². The van der Waals surface area contributed by atoms with E-state index >= 15 is 0 Å². The van der Waals surface area contributed by atoms with Crippen LogP contribution < -0.4 is 37.5 Å². The first-order valence-electron chi connectivity index (χ1n) is 53.9. The monoisotopic (exact) mass is 2010 g/mol. The number of Topliss-reactive ketones (excluding diaryl/α,β-unsaturated/α-hetero) is 3. The lowest BCUT2D eigenvalue weighted by atomic mass is 9.70. The van der Waals surface area contributed by atoms with E-state index in [1.54, 1.807) is 7.11 Å². The zero-order valence-electron chi connectivity index (χ0n) is 90.4. The number of hydrogen-bond acceptors (Lipinski definition) is 27. The number of likely N-dealkylation sites (N-methyl/N-ethyl adjacent to an activating group) is 2. The fourth-order valence-electron chi connectivity index (χ4n) is 23.7. The molecule has 5 spiro atoms. The van der Waals surface area contributed by atoms with Crippen LogP contribution in [0.15, 0.2) is 115 Å². The van der Waals surface area contributed by atoms with Crippen molar-refractivity contribution in [2.45, 2.75) is 361 Å². The van der Waals surface area contributed by atoms with Gasteiger partial charge in [0.25, 0.3) is 0 Å². The first-order chi connectivity index (χ1) is 68.3. The van der Waals surface area contributed by atoms with Crippen LogP contribution in [0, 0.1) is 37.9 Å². The van der Waals surface area contributed by atoms with E-state index in [9.17, 15) is 28.8 Å². The van der Waals surface area contributed by atoms with Crippen LogP contribution in [-0.2, 0) is 102 Å². The number of carbonyl (C=O) groups excluding carboxylic acids is 6. The molecule has 7 heterocycles. The molecular formula is C114H180N10O20. The van der Waals surface area contributed by atoms with E-state index in [0.29, 0.717) is 126 Å². The fraction of sp³-hybridized carbons (Fsp3) is 0.737. The van der Waals surface area contributed by atoms with Gasteiger partial charge in [-0.3, -0.25) is 24.2 Å². The van der Waals surface area contributed by atoms with Crippen molar-refractivity contribution in [1.29, 1.82) is 0 Å². The molecule has 30 nitrogen and oxygen atoms in total. The predicted octanol–water partition coefficient (Wildman–Crippen LogP) is 17.3. The highest BCUT2D eigenvalue weighted by atomic mass is 16.8. The van der Waals surface area contributed by atoms with Crippen LogP contribution in [0.5, 0.6) is 5.75 Å². The number of ether oxygens (including phenoxy) is 14. The number of benzene rings is 4. The third-order valence-corrected chi connectivity index (χ3v) is 33.1. The maximum atomic E-state index is 12.2. The zero-order chi connectivity index (χ0) is 104. The number of hydrogen-bond donors (Lipinski definition) is 6. The van der Waals surface area contributed by atoms with E-state index in [2.05, 4.69) is 136 Å². The van der Waals surface area contributed by atoms with Crippen molar-refractivity contribution in [3.05, 3.63) is 138 Å². The van der Waals surface area contributed by atoms with Crippen LogP contribution in [0.3, 0.4) is 0 Å². The second-order valence-electron chi connectivity index (χ2n) is 47.7. The number of carbonyl (C=O) groups is 6. The lowest BCUT2D eigenvalue weighted by molar-refractivity contribution is -0.203. The Morgan fingerprint density at radius 3 is 1.08 bits per heavy atom. The summed E-state index contributed by atoms with van der Waals surface area (Å²) in [6.45, 7) is 48.8. The number of amides is 3. The summed E-state index contributed by atoms with van der Waals surface area (Å²) < 4.78 is 78.0. The fourth-order valence-corrected chi connectivity index (χ4v) is 23.7. The van der Waals surface area contributed by atoms with Gasteiger partial charge in [0.05, 0.1) is 73.2 Å². The summed E-state index contributed by atoms with van der Waals surface area (Å²) in [5, 5.41) is 12.7. The van der Waals surface area contributed by atoms with Gasteiger partial charge in [0.1, 0.15) is 42.9 Å². The van der Waals surface area contributed by atoms with Crippen molar-refractivity contribution < 1.29 is 95.1 Å². The van der Waals surface area contributed by atoms with Crippen LogP contribution in [0.1, 0.15) is 280 Å². The molecule has 8 N–H and O–H groups in total. The van der Waals surface area contributed by atoms with Gasteiger partial charge >= 0.3 is 18.3 Å². The van der Waals surface area contributed by atoms with Gasteiger partial charge < -0.3 is 109 Å². The molecule has 144 heavy (non-hydrogen) atoms. The summed E-state index contributed by atoms with van der Waals surface area (Å²) >= 11 is 0. The van der Waals surface area contributed by atoms with Crippen LogP contribution >= 0.6 is 0 Å². The number of ketones is 3. The molecule has 8 saturated carbocycles. The molecule has 0 bridgehead atoms. The molecule has 0 aromatic heterocycles. The standard InChI is InChI=1S/C21H33N3O2.C18H25NO4.C18H27NO3.C16H21NO3.C13H27N3.C10H19NO2.C10H16O3.C8H12O3/c1-21(2)15-18(24-13-11-23(3)12-14-24)9-10-19(21)22-20(25)26-16-17-7-5-4-6-8-17;1-17(2)13-18(22-10-11-23-18)9-8-15(17)19-16(20)21-12-14-6-4-3-5-7-14;1-17(2)13-18(21-10-11-22-18)9-8-16(17)19-12-14-4-6-15(20-3)7-5-14;1-16(2)10-13(18)8-9-14(16)17-15(19)20-11-12-6-4-3-5-7-12;1-13(2)10-11(4-5-12(13)14)16-8-6-15(3)7-9-16;2*1-9(2)7-10(4-3-8(9)11)12-5-6-13-10;9-7-1-3-8(4-2-7)10-5-6-11-8/h4-8,18-19H,9-16H2,1-3H3,(H,22,25);3-7,15H,8-13H2,1-2H3,(H,19,20);4-7,16,19H,8-13H2,1-3H3;3-7,14H,8-11H2,1-2H3,(H,17,19);11-12H,4-10,14H2,1-3H3;8H,3-7,11H2,1-2H3;3-7H2,1-2H3;1-6H2. The second-order valence-corrected chi connectivity index (χ2v) is 47.7.